The van der Waals surface area contributed by atoms with E-state index in [9.17, 15) is 9.59 Å². The molecule has 0 fully saturated rings. The molecule has 19 heavy (non-hydrogen) atoms. The molecule has 1 aromatic rings. The fourth-order valence-electron chi connectivity index (χ4n) is 1.45. The number of thiophene rings is 1. The summed E-state index contributed by atoms with van der Waals surface area (Å²) in [7, 11) is 0. The van der Waals surface area contributed by atoms with Crippen LogP contribution in [-0.4, -0.2) is 40.7 Å². The van der Waals surface area contributed by atoms with Crippen molar-refractivity contribution in [2.24, 2.45) is 0 Å². The molecule has 6 heteroatoms. The van der Waals surface area contributed by atoms with Crippen LogP contribution < -0.4 is 0 Å². The van der Waals surface area contributed by atoms with E-state index in [-0.39, 0.29) is 5.91 Å². The van der Waals surface area contributed by atoms with Gasteiger partial charge in [0.25, 0.3) is 0 Å². The minimum absolute atomic E-state index is 0.0403. The average molecular weight is 299 g/mol. The molecule has 4 nitrogen and oxygen atoms in total. The van der Waals surface area contributed by atoms with E-state index in [2.05, 4.69) is 6.58 Å². The highest BCUT2D eigenvalue weighted by Crippen LogP contribution is 2.25. The molecule has 0 spiro atoms. The SMILES string of the molecule is C=C(C)CN(CC)C(=O)CSc1csc(C(=O)O)c1. The summed E-state index contributed by atoms with van der Waals surface area (Å²) in [6.07, 6.45) is 0. The quantitative estimate of drug-likeness (QED) is 0.621. The van der Waals surface area contributed by atoms with Gasteiger partial charge < -0.3 is 10.0 Å². The molecule has 0 aliphatic carbocycles. The van der Waals surface area contributed by atoms with Crippen molar-refractivity contribution in [3.63, 3.8) is 0 Å². The molecule has 1 N–H and O–H groups in total. The number of carbonyl (C=O) groups excluding carboxylic acids is 1. The maximum Gasteiger partial charge on any atom is 0.345 e. The number of thioether (sulfide) groups is 1. The Bertz CT molecular complexity index is 482. The number of nitrogens with zero attached hydrogens (tertiary/aromatic N) is 1. The minimum Gasteiger partial charge on any atom is -0.477 e. The second kappa shape index (κ2) is 7.35. The number of rotatable bonds is 7. The molecule has 1 heterocycles. The Balaban J connectivity index is 2.52. The van der Waals surface area contributed by atoms with Gasteiger partial charge in [0, 0.05) is 23.4 Å². The lowest BCUT2D eigenvalue weighted by atomic mass is 10.3. The molecule has 104 valence electrons. The van der Waals surface area contributed by atoms with Gasteiger partial charge in [-0.1, -0.05) is 12.2 Å². The summed E-state index contributed by atoms with van der Waals surface area (Å²) in [5.74, 6) is -0.573. The molecule has 0 atom stereocenters. The molecule has 0 aliphatic heterocycles. The summed E-state index contributed by atoms with van der Waals surface area (Å²) in [5, 5.41) is 10.6. The van der Waals surface area contributed by atoms with Crippen molar-refractivity contribution < 1.29 is 14.7 Å². The third-order valence-corrected chi connectivity index (χ3v) is 4.37. The fourth-order valence-corrected chi connectivity index (χ4v) is 3.22. The number of carboxylic acids is 1. The summed E-state index contributed by atoms with van der Waals surface area (Å²) in [6.45, 7) is 8.84. The van der Waals surface area contributed by atoms with Gasteiger partial charge in [0.1, 0.15) is 4.88 Å². The fraction of sp³-hybridized carbons (Fsp3) is 0.385. The highest BCUT2D eigenvalue weighted by molar-refractivity contribution is 8.00. The van der Waals surface area contributed by atoms with Gasteiger partial charge in [-0.25, -0.2) is 4.79 Å². The van der Waals surface area contributed by atoms with Crippen LogP contribution in [0.4, 0.5) is 0 Å². The Morgan fingerprint density at radius 2 is 2.21 bits per heavy atom. The van der Waals surface area contributed by atoms with Gasteiger partial charge in [-0.05, 0) is 19.9 Å². The van der Waals surface area contributed by atoms with E-state index >= 15 is 0 Å². The smallest absolute Gasteiger partial charge is 0.345 e. The van der Waals surface area contributed by atoms with E-state index in [1.165, 1.54) is 23.1 Å². The second-order valence-electron chi connectivity index (χ2n) is 4.11. The van der Waals surface area contributed by atoms with Crippen molar-refractivity contribution in [2.45, 2.75) is 18.7 Å². The second-order valence-corrected chi connectivity index (χ2v) is 6.07. The maximum atomic E-state index is 12.0. The Morgan fingerprint density at radius 3 is 2.68 bits per heavy atom. The minimum atomic E-state index is -0.930. The number of likely N-dealkylation sites (N-methyl/N-ethyl adjacent to an activating group) is 1. The zero-order valence-corrected chi connectivity index (χ0v) is 12.6. The van der Waals surface area contributed by atoms with Gasteiger partial charge in [-0.2, -0.15) is 0 Å². The monoisotopic (exact) mass is 299 g/mol. The molecule has 0 saturated heterocycles. The standard InChI is InChI=1S/C13H17NO3S2/c1-4-14(6-9(2)3)12(15)8-18-10-5-11(13(16)17)19-7-10/h5,7H,2,4,6,8H2,1,3H3,(H,16,17). The molecule has 0 bridgehead atoms. The van der Waals surface area contributed by atoms with E-state index in [1.807, 2.05) is 13.8 Å². The van der Waals surface area contributed by atoms with Crippen LogP contribution >= 0.6 is 23.1 Å². The lowest BCUT2D eigenvalue weighted by Gasteiger charge is -2.20. The lowest BCUT2D eigenvalue weighted by molar-refractivity contribution is -0.127. The van der Waals surface area contributed by atoms with Gasteiger partial charge in [-0.3, -0.25) is 4.79 Å². The van der Waals surface area contributed by atoms with Gasteiger partial charge in [0.2, 0.25) is 5.91 Å². The van der Waals surface area contributed by atoms with Crippen LogP contribution in [0, 0.1) is 0 Å². The van der Waals surface area contributed by atoms with Crippen molar-refractivity contribution in [2.75, 3.05) is 18.8 Å². The first-order valence-electron chi connectivity index (χ1n) is 5.80. The van der Waals surface area contributed by atoms with Crippen LogP contribution in [0.3, 0.4) is 0 Å². The number of carboxylic acid groups (broad SMARTS) is 1. The Kier molecular flexibility index (Phi) is 6.11. The van der Waals surface area contributed by atoms with E-state index in [0.717, 1.165) is 10.5 Å². The van der Waals surface area contributed by atoms with Crippen molar-refractivity contribution in [1.82, 2.24) is 4.90 Å². The largest absolute Gasteiger partial charge is 0.477 e. The number of hydrogen-bond acceptors (Lipinski definition) is 4. The molecule has 0 aliphatic rings. The first kappa shape index (κ1) is 15.8. The summed E-state index contributed by atoms with van der Waals surface area (Å²) in [4.78, 5) is 25.6. The van der Waals surface area contributed by atoms with Crippen LogP contribution in [0.25, 0.3) is 0 Å². The first-order chi connectivity index (χ1) is 8.93. The van der Waals surface area contributed by atoms with Crippen LogP contribution in [0.15, 0.2) is 28.5 Å². The summed E-state index contributed by atoms with van der Waals surface area (Å²) < 4.78 is 0. The normalized spacial score (nSPS) is 10.2. The van der Waals surface area contributed by atoms with Crippen LogP contribution in [0.2, 0.25) is 0 Å². The van der Waals surface area contributed by atoms with Gasteiger partial charge >= 0.3 is 5.97 Å². The van der Waals surface area contributed by atoms with E-state index in [0.29, 0.717) is 23.7 Å². The highest BCUT2D eigenvalue weighted by Gasteiger charge is 2.13. The zero-order chi connectivity index (χ0) is 14.4. The molecule has 0 aromatic carbocycles. The Morgan fingerprint density at radius 1 is 1.53 bits per heavy atom. The molecule has 1 amide bonds. The summed E-state index contributed by atoms with van der Waals surface area (Å²) >= 11 is 2.54. The first-order valence-corrected chi connectivity index (χ1v) is 7.67. The van der Waals surface area contributed by atoms with Crippen molar-refractivity contribution >= 4 is 35.0 Å². The van der Waals surface area contributed by atoms with E-state index in [1.54, 1.807) is 16.3 Å². The van der Waals surface area contributed by atoms with E-state index < -0.39 is 5.97 Å². The number of carbonyl (C=O) groups is 2. The molecular formula is C13H17NO3S2. The number of aromatic carboxylic acids is 1. The summed E-state index contributed by atoms with van der Waals surface area (Å²) in [6, 6.07) is 1.60. The zero-order valence-electron chi connectivity index (χ0n) is 11.0. The lowest BCUT2D eigenvalue weighted by Crippen LogP contribution is -2.33. The predicted molar refractivity (Wildman–Crippen MR) is 79.1 cm³/mol. The molecule has 0 unspecified atom stereocenters. The van der Waals surface area contributed by atoms with Crippen molar-refractivity contribution in [1.29, 1.82) is 0 Å². The predicted octanol–water partition coefficient (Wildman–Crippen LogP) is 2.96. The van der Waals surface area contributed by atoms with Crippen LogP contribution in [0.5, 0.6) is 0 Å². The molecule has 0 saturated carbocycles. The number of hydrogen-bond donors (Lipinski definition) is 1. The van der Waals surface area contributed by atoms with Crippen molar-refractivity contribution in [3.05, 3.63) is 28.5 Å². The van der Waals surface area contributed by atoms with Gasteiger partial charge in [-0.15, -0.1) is 23.1 Å². The highest BCUT2D eigenvalue weighted by atomic mass is 32.2. The third kappa shape index (κ3) is 5.08. The average Bonchev–Trinajstić information content (AvgIpc) is 2.81. The molecule has 1 rings (SSSR count). The van der Waals surface area contributed by atoms with Crippen LogP contribution in [0.1, 0.15) is 23.5 Å². The summed E-state index contributed by atoms with van der Waals surface area (Å²) in [5.41, 5.74) is 0.948. The molecule has 0 radical (unpaired) electrons. The number of amides is 1. The Labute approximate surface area is 121 Å². The van der Waals surface area contributed by atoms with E-state index in [4.69, 9.17) is 5.11 Å². The van der Waals surface area contributed by atoms with Crippen molar-refractivity contribution in [3.8, 4) is 0 Å². The third-order valence-electron chi connectivity index (χ3n) is 2.34. The van der Waals surface area contributed by atoms with Gasteiger partial charge in [0.05, 0.1) is 5.75 Å². The van der Waals surface area contributed by atoms with Gasteiger partial charge in [0.15, 0.2) is 0 Å². The molecule has 1 aromatic heterocycles. The topological polar surface area (TPSA) is 57.6 Å². The Hall–Kier alpha value is -1.27. The van der Waals surface area contributed by atoms with Crippen LogP contribution in [-0.2, 0) is 4.79 Å². The maximum absolute atomic E-state index is 12.0. The molecular weight excluding hydrogens is 282 g/mol.